The molecular formula is C27H31F3N2O3. The van der Waals surface area contributed by atoms with Crippen molar-refractivity contribution in [3.05, 3.63) is 53.3 Å². The van der Waals surface area contributed by atoms with Crippen LogP contribution in [-0.4, -0.2) is 36.8 Å². The number of fused-ring (bicyclic) bond motifs is 1. The van der Waals surface area contributed by atoms with Crippen LogP contribution in [0.15, 0.2) is 36.5 Å². The van der Waals surface area contributed by atoms with E-state index in [4.69, 9.17) is 9.47 Å². The summed E-state index contributed by atoms with van der Waals surface area (Å²) in [6.45, 7) is 3.19. The Labute approximate surface area is 203 Å². The van der Waals surface area contributed by atoms with Crippen molar-refractivity contribution in [3.8, 4) is 5.75 Å². The number of aromatic nitrogens is 1. The average molecular weight is 489 g/mol. The number of rotatable bonds is 5. The molecule has 1 aromatic carbocycles. The van der Waals surface area contributed by atoms with E-state index in [1.54, 1.807) is 6.07 Å². The maximum atomic E-state index is 13.1. The van der Waals surface area contributed by atoms with E-state index in [9.17, 15) is 18.0 Å². The summed E-state index contributed by atoms with van der Waals surface area (Å²) >= 11 is 0. The first-order chi connectivity index (χ1) is 16.7. The van der Waals surface area contributed by atoms with Crippen molar-refractivity contribution < 1.29 is 27.4 Å². The second-order valence-corrected chi connectivity index (χ2v) is 10.2. The molecule has 3 aliphatic rings. The maximum Gasteiger partial charge on any atom is 0.433 e. The first-order valence-corrected chi connectivity index (χ1v) is 12.4. The number of carbonyl (C=O) groups excluding carboxylic acids is 1. The molecule has 0 amide bonds. The van der Waals surface area contributed by atoms with E-state index in [0.29, 0.717) is 24.7 Å². The highest BCUT2D eigenvalue weighted by molar-refractivity contribution is 5.73. The van der Waals surface area contributed by atoms with Crippen molar-refractivity contribution in [3.63, 3.8) is 0 Å². The lowest BCUT2D eigenvalue weighted by Crippen LogP contribution is -2.50. The van der Waals surface area contributed by atoms with Crippen LogP contribution in [0.5, 0.6) is 5.75 Å². The van der Waals surface area contributed by atoms with Crippen LogP contribution in [0.2, 0.25) is 0 Å². The van der Waals surface area contributed by atoms with E-state index < -0.39 is 11.9 Å². The molecule has 0 bridgehead atoms. The number of hydrogen-bond acceptors (Lipinski definition) is 5. The van der Waals surface area contributed by atoms with Crippen LogP contribution in [0, 0.1) is 11.8 Å². The smallest absolute Gasteiger partial charge is 0.433 e. The largest absolute Gasteiger partial charge is 0.487 e. The van der Waals surface area contributed by atoms with E-state index >= 15 is 0 Å². The molecule has 188 valence electrons. The number of halogens is 3. The lowest BCUT2D eigenvalue weighted by Gasteiger charge is -2.45. The van der Waals surface area contributed by atoms with Crippen molar-refractivity contribution in [2.45, 2.75) is 63.1 Å². The first-order valence-electron chi connectivity index (χ1n) is 12.4. The molecule has 1 saturated heterocycles. The summed E-state index contributed by atoms with van der Waals surface area (Å²) in [6, 6.07) is 9.14. The quantitative estimate of drug-likeness (QED) is 0.501. The summed E-state index contributed by atoms with van der Waals surface area (Å²) in [5.41, 5.74) is 1.66. The van der Waals surface area contributed by atoms with Gasteiger partial charge in [-0.2, -0.15) is 13.2 Å². The van der Waals surface area contributed by atoms with Crippen LogP contribution in [0.3, 0.4) is 0 Å². The zero-order valence-corrected chi connectivity index (χ0v) is 20.1. The van der Waals surface area contributed by atoms with E-state index in [1.165, 1.54) is 18.9 Å². The molecule has 1 saturated carbocycles. The van der Waals surface area contributed by atoms with Gasteiger partial charge in [-0.3, -0.25) is 9.78 Å². The molecule has 0 N–H and O–H groups in total. The number of aryl methyl sites for hydroxylation is 1. The average Bonchev–Trinajstić information content (AvgIpc) is 3.68. The summed E-state index contributed by atoms with van der Waals surface area (Å²) in [4.78, 5) is 17.8. The van der Waals surface area contributed by atoms with E-state index in [-0.39, 0.29) is 23.4 Å². The number of ether oxygens (including phenoxy) is 2. The van der Waals surface area contributed by atoms with E-state index in [1.807, 2.05) is 11.8 Å². The number of benzene rings is 1. The highest BCUT2D eigenvalue weighted by Crippen LogP contribution is 2.49. The molecule has 5 nitrogen and oxygen atoms in total. The van der Waals surface area contributed by atoms with Gasteiger partial charge in [0.15, 0.2) is 0 Å². The maximum absolute atomic E-state index is 13.1. The Bertz CT molecular complexity index is 1090. The van der Waals surface area contributed by atoms with Crippen molar-refractivity contribution >= 4 is 11.7 Å². The standard InChI is InChI=1S/C27H31F3N2O3/c1-17(25(33)34-2)24(19-4-5-19)20-6-3-18-7-9-26(35-22(18)15-20)10-13-32(14-11-26)21-8-12-31-23(16-21)27(28,29)30/h3,6,8,12,15-17,19,24H,4-5,7,9-11,13-14H2,1-2H3. The monoisotopic (exact) mass is 488 g/mol. The van der Waals surface area contributed by atoms with Crippen molar-refractivity contribution in [2.24, 2.45) is 11.8 Å². The fraction of sp³-hybridized carbons (Fsp3) is 0.556. The lowest BCUT2D eigenvalue weighted by molar-refractivity contribution is -0.146. The SMILES string of the molecule is COC(=O)C(C)C(c1ccc2c(c1)OC1(CC2)CCN(c2ccnc(C(F)(F)F)c2)CC1)C1CC1. The summed E-state index contributed by atoms with van der Waals surface area (Å²) in [7, 11) is 1.44. The van der Waals surface area contributed by atoms with Crippen LogP contribution in [0.25, 0.3) is 0 Å². The van der Waals surface area contributed by atoms with E-state index in [2.05, 4.69) is 23.2 Å². The number of piperidine rings is 1. The molecule has 1 spiro atoms. The molecule has 2 unspecified atom stereocenters. The van der Waals surface area contributed by atoms with Gasteiger partial charge in [-0.15, -0.1) is 0 Å². The molecule has 1 aromatic heterocycles. The zero-order valence-electron chi connectivity index (χ0n) is 20.1. The number of carbonyl (C=O) groups is 1. The first kappa shape index (κ1) is 23.9. The second kappa shape index (κ2) is 9.03. The van der Waals surface area contributed by atoms with Gasteiger partial charge in [-0.05, 0) is 66.8 Å². The van der Waals surface area contributed by atoms with Gasteiger partial charge in [0.25, 0.3) is 0 Å². The number of pyridine rings is 1. The van der Waals surface area contributed by atoms with Gasteiger partial charge in [-0.1, -0.05) is 19.1 Å². The fourth-order valence-corrected chi connectivity index (χ4v) is 5.78. The third-order valence-corrected chi connectivity index (χ3v) is 7.97. The van der Waals surface area contributed by atoms with Gasteiger partial charge in [0, 0.05) is 37.8 Å². The summed E-state index contributed by atoms with van der Waals surface area (Å²) in [5, 5.41) is 0. The minimum absolute atomic E-state index is 0.116. The summed E-state index contributed by atoms with van der Waals surface area (Å²) in [5.74, 6) is 1.09. The summed E-state index contributed by atoms with van der Waals surface area (Å²) < 4.78 is 50.9. The molecule has 1 aliphatic carbocycles. The minimum Gasteiger partial charge on any atom is -0.487 e. The van der Waals surface area contributed by atoms with Crippen molar-refractivity contribution in [2.75, 3.05) is 25.1 Å². The highest BCUT2D eigenvalue weighted by atomic mass is 19.4. The topological polar surface area (TPSA) is 51.7 Å². The molecule has 2 atom stereocenters. The molecule has 5 rings (SSSR count). The van der Waals surface area contributed by atoms with E-state index in [0.717, 1.165) is 55.9 Å². The van der Waals surface area contributed by atoms with Gasteiger partial charge in [-0.25, -0.2) is 0 Å². The molecular weight excluding hydrogens is 457 g/mol. The van der Waals surface area contributed by atoms with Gasteiger partial charge in [0.2, 0.25) is 0 Å². The Morgan fingerprint density at radius 3 is 2.57 bits per heavy atom. The number of anilines is 1. The second-order valence-electron chi connectivity index (χ2n) is 10.2. The Balaban J connectivity index is 1.31. The minimum atomic E-state index is -4.45. The van der Waals surface area contributed by atoms with Crippen molar-refractivity contribution in [1.29, 1.82) is 0 Å². The number of hydrogen-bond donors (Lipinski definition) is 0. The van der Waals surface area contributed by atoms with Gasteiger partial charge in [0.1, 0.15) is 17.0 Å². The Morgan fingerprint density at radius 1 is 1.17 bits per heavy atom. The molecule has 2 fully saturated rings. The van der Waals surface area contributed by atoms with Crippen LogP contribution in [0.4, 0.5) is 18.9 Å². The third kappa shape index (κ3) is 4.84. The van der Waals surface area contributed by atoms with Crippen LogP contribution in [-0.2, 0) is 22.1 Å². The predicted molar refractivity (Wildman–Crippen MR) is 125 cm³/mol. The predicted octanol–water partition coefficient (Wildman–Crippen LogP) is 5.77. The van der Waals surface area contributed by atoms with Gasteiger partial charge >= 0.3 is 12.1 Å². The van der Waals surface area contributed by atoms with Gasteiger partial charge < -0.3 is 14.4 Å². The van der Waals surface area contributed by atoms with Gasteiger partial charge in [0.05, 0.1) is 13.0 Å². The Morgan fingerprint density at radius 2 is 1.91 bits per heavy atom. The molecule has 8 heteroatoms. The molecule has 3 heterocycles. The normalized spacial score (nSPS) is 21.1. The van der Waals surface area contributed by atoms with Crippen LogP contribution >= 0.6 is 0 Å². The molecule has 35 heavy (non-hydrogen) atoms. The van der Waals surface area contributed by atoms with Crippen LogP contribution in [0.1, 0.15) is 61.8 Å². The zero-order chi connectivity index (χ0) is 24.8. The van der Waals surface area contributed by atoms with Crippen molar-refractivity contribution in [1.82, 2.24) is 4.98 Å². The molecule has 2 aromatic rings. The molecule has 2 aliphatic heterocycles. The third-order valence-electron chi connectivity index (χ3n) is 7.97. The Kier molecular flexibility index (Phi) is 6.18. The highest BCUT2D eigenvalue weighted by Gasteiger charge is 2.42. The molecule has 0 radical (unpaired) electrons. The number of methoxy groups -OCH3 is 1. The fourth-order valence-electron chi connectivity index (χ4n) is 5.78. The van der Waals surface area contributed by atoms with Crippen LogP contribution < -0.4 is 9.64 Å². The summed E-state index contributed by atoms with van der Waals surface area (Å²) in [6.07, 6.45) is 2.29. The lowest BCUT2D eigenvalue weighted by atomic mass is 9.80. The Hall–Kier alpha value is -2.77. The number of alkyl halides is 3. The number of esters is 1. The number of nitrogens with zero attached hydrogens (tertiary/aromatic N) is 2.